The maximum Gasteiger partial charge on any atom is 0.410 e. The number of amides is 1. The van der Waals surface area contributed by atoms with Gasteiger partial charge in [0.2, 0.25) is 0 Å². The number of esters is 1. The molecule has 1 fully saturated rings. The topological polar surface area (TPSA) is 88.1 Å². The standard InChI is InChI=1S/C20H26N2O5/c1-3-9-26-19(24)13-21-12-15-5-7-16(8-6-15)18-11-17(23)14-22(18)20(25)27-10-4-2/h3-8,17-18,21,23H,1-2,9-14H2/t17-,18-/m1/s1. The van der Waals surface area contributed by atoms with Crippen molar-refractivity contribution in [3.8, 4) is 0 Å². The van der Waals surface area contributed by atoms with Gasteiger partial charge in [-0.15, -0.1) is 0 Å². The predicted octanol–water partition coefficient (Wildman–Crippen LogP) is 1.94. The number of benzene rings is 1. The molecule has 2 N–H and O–H groups in total. The van der Waals surface area contributed by atoms with Gasteiger partial charge in [-0.1, -0.05) is 49.6 Å². The molecule has 1 aromatic rings. The molecule has 0 bridgehead atoms. The van der Waals surface area contributed by atoms with Crippen molar-refractivity contribution in [2.75, 3.05) is 26.3 Å². The number of β-amino-alcohol motifs (C(OH)–C–C–N with tert-alkyl or cyclic N) is 1. The van der Waals surface area contributed by atoms with Crippen molar-refractivity contribution in [3.05, 3.63) is 60.7 Å². The van der Waals surface area contributed by atoms with E-state index in [0.29, 0.717) is 13.0 Å². The van der Waals surface area contributed by atoms with Crippen molar-refractivity contribution in [1.82, 2.24) is 10.2 Å². The second-order valence-corrected chi connectivity index (χ2v) is 6.24. The lowest BCUT2D eigenvalue weighted by molar-refractivity contribution is -0.141. The largest absolute Gasteiger partial charge is 0.461 e. The van der Waals surface area contributed by atoms with Gasteiger partial charge in [-0.05, 0) is 17.5 Å². The molecule has 7 nitrogen and oxygen atoms in total. The molecule has 2 atom stereocenters. The fourth-order valence-corrected chi connectivity index (χ4v) is 2.91. The molecule has 1 saturated heterocycles. The van der Waals surface area contributed by atoms with E-state index in [1.807, 2.05) is 24.3 Å². The lowest BCUT2D eigenvalue weighted by Crippen LogP contribution is -2.32. The van der Waals surface area contributed by atoms with E-state index >= 15 is 0 Å². The molecular formula is C20H26N2O5. The first-order valence-corrected chi connectivity index (χ1v) is 8.83. The van der Waals surface area contributed by atoms with Crippen molar-refractivity contribution >= 4 is 12.1 Å². The zero-order valence-corrected chi connectivity index (χ0v) is 15.3. The highest BCUT2D eigenvalue weighted by molar-refractivity contribution is 5.71. The normalized spacial score (nSPS) is 18.8. The van der Waals surface area contributed by atoms with E-state index in [4.69, 9.17) is 9.47 Å². The molecule has 0 spiro atoms. The van der Waals surface area contributed by atoms with Gasteiger partial charge >= 0.3 is 12.1 Å². The van der Waals surface area contributed by atoms with Gasteiger partial charge in [-0.2, -0.15) is 0 Å². The number of nitrogens with one attached hydrogen (secondary N) is 1. The Kier molecular flexibility index (Phi) is 8.03. The number of aliphatic hydroxyl groups excluding tert-OH is 1. The molecule has 1 aromatic carbocycles. The summed E-state index contributed by atoms with van der Waals surface area (Å²) in [5.74, 6) is -0.333. The van der Waals surface area contributed by atoms with Crippen LogP contribution in [0.5, 0.6) is 0 Å². The molecule has 1 amide bonds. The third kappa shape index (κ3) is 6.23. The molecule has 0 radical (unpaired) electrons. The number of hydrogen-bond acceptors (Lipinski definition) is 6. The molecule has 0 aliphatic carbocycles. The summed E-state index contributed by atoms with van der Waals surface area (Å²) >= 11 is 0. The van der Waals surface area contributed by atoms with Crippen LogP contribution in [0.15, 0.2) is 49.6 Å². The van der Waals surface area contributed by atoms with Gasteiger partial charge in [-0.25, -0.2) is 4.79 Å². The van der Waals surface area contributed by atoms with E-state index in [1.165, 1.54) is 17.1 Å². The van der Waals surface area contributed by atoms with Crippen LogP contribution < -0.4 is 5.32 Å². The van der Waals surface area contributed by atoms with E-state index in [2.05, 4.69) is 18.5 Å². The molecule has 0 saturated carbocycles. The average Bonchev–Trinajstić information content (AvgIpc) is 3.07. The predicted molar refractivity (Wildman–Crippen MR) is 101 cm³/mol. The van der Waals surface area contributed by atoms with Crippen LogP contribution in [0, 0.1) is 0 Å². The maximum atomic E-state index is 12.2. The van der Waals surface area contributed by atoms with Gasteiger partial charge in [0.15, 0.2) is 0 Å². The zero-order valence-electron chi connectivity index (χ0n) is 15.3. The number of aliphatic hydroxyl groups is 1. The molecular weight excluding hydrogens is 348 g/mol. The van der Waals surface area contributed by atoms with E-state index in [9.17, 15) is 14.7 Å². The molecule has 27 heavy (non-hydrogen) atoms. The van der Waals surface area contributed by atoms with Gasteiger partial charge < -0.3 is 19.9 Å². The minimum atomic E-state index is -0.575. The number of hydrogen-bond donors (Lipinski definition) is 2. The number of likely N-dealkylation sites (tertiary alicyclic amines) is 1. The second-order valence-electron chi connectivity index (χ2n) is 6.24. The summed E-state index contributed by atoms with van der Waals surface area (Å²) in [6.45, 7) is 8.23. The van der Waals surface area contributed by atoms with Gasteiger partial charge in [-0.3, -0.25) is 9.69 Å². The first kappa shape index (κ1) is 20.7. The van der Waals surface area contributed by atoms with Gasteiger partial charge in [0.05, 0.1) is 25.2 Å². The van der Waals surface area contributed by atoms with Crippen LogP contribution in [0.3, 0.4) is 0 Å². The second kappa shape index (κ2) is 10.5. The zero-order chi connectivity index (χ0) is 19.6. The quantitative estimate of drug-likeness (QED) is 0.507. The number of ether oxygens (including phenoxy) is 2. The number of carbonyl (C=O) groups is 2. The Balaban J connectivity index is 1.91. The highest BCUT2D eigenvalue weighted by Gasteiger charge is 2.36. The summed E-state index contributed by atoms with van der Waals surface area (Å²) < 4.78 is 9.99. The van der Waals surface area contributed by atoms with Crippen molar-refractivity contribution in [1.29, 1.82) is 0 Å². The van der Waals surface area contributed by atoms with Gasteiger partial charge in [0.25, 0.3) is 0 Å². The van der Waals surface area contributed by atoms with E-state index in [1.54, 1.807) is 0 Å². The first-order valence-electron chi connectivity index (χ1n) is 8.83. The van der Waals surface area contributed by atoms with Crippen LogP contribution in [0.2, 0.25) is 0 Å². The fourth-order valence-electron chi connectivity index (χ4n) is 2.91. The lowest BCUT2D eigenvalue weighted by atomic mass is 10.0. The first-order chi connectivity index (χ1) is 13.0. The summed E-state index contributed by atoms with van der Waals surface area (Å²) in [5, 5.41) is 13.0. The summed E-state index contributed by atoms with van der Waals surface area (Å²) in [6, 6.07) is 7.46. The minimum Gasteiger partial charge on any atom is -0.461 e. The Labute approximate surface area is 159 Å². The van der Waals surface area contributed by atoms with E-state index in [-0.39, 0.29) is 38.3 Å². The molecule has 0 unspecified atom stereocenters. The number of rotatable bonds is 9. The Bertz CT molecular complexity index is 659. The number of carbonyl (C=O) groups excluding carboxylic acids is 2. The molecule has 1 heterocycles. The van der Waals surface area contributed by atoms with E-state index in [0.717, 1.165) is 11.1 Å². The summed E-state index contributed by atoms with van der Waals surface area (Å²) in [7, 11) is 0. The highest BCUT2D eigenvalue weighted by Crippen LogP contribution is 2.32. The molecule has 1 aliphatic rings. The lowest BCUT2D eigenvalue weighted by Gasteiger charge is -2.24. The summed E-state index contributed by atoms with van der Waals surface area (Å²) in [5.41, 5.74) is 1.92. The SMILES string of the molecule is C=CCOC(=O)CNCc1ccc([C@H]2C[C@@H](O)CN2C(=O)OCC=C)cc1. The van der Waals surface area contributed by atoms with Crippen molar-refractivity contribution < 1.29 is 24.2 Å². The van der Waals surface area contributed by atoms with Crippen LogP contribution in [-0.4, -0.2) is 54.5 Å². The van der Waals surface area contributed by atoms with Crippen LogP contribution >= 0.6 is 0 Å². The van der Waals surface area contributed by atoms with Crippen LogP contribution in [0.4, 0.5) is 4.79 Å². The Morgan fingerprint density at radius 1 is 1.19 bits per heavy atom. The molecule has 146 valence electrons. The molecule has 1 aliphatic heterocycles. The molecule has 0 aromatic heterocycles. The van der Waals surface area contributed by atoms with E-state index < -0.39 is 12.2 Å². The Morgan fingerprint density at radius 3 is 2.52 bits per heavy atom. The maximum absolute atomic E-state index is 12.2. The third-order valence-corrected chi connectivity index (χ3v) is 4.16. The van der Waals surface area contributed by atoms with Gasteiger partial charge in [0.1, 0.15) is 13.2 Å². The smallest absolute Gasteiger partial charge is 0.410 e. The van der Waals surface area contributed by atoms with Gasteiger partial charge in [0, 0.05) is 6.54 Å². The molecule has 2 rings (SSSR count). The van der Waals surface area contributed by atoms with Crippen molar-refractivity contribution in [2.24, 2.45) is 0 Å². The summed E-state index contributed by atoms with van der Waals surface area (Å²) in [4.78, 5) is 25.1. The Morgan fingerprint density at radius 2 is 1.85 bits per heavy atom. The highest BCUT2D eigenvalue weighted by atomic mass is 16.6. The van der Waals surface area contributed by atoms with Crippen molar-refractivity contribution in [2.45, 2.75) is 25.1 Å². The average molecular weight is 374 g/mol. The fraction of sp³-hybridized carbons (Fsp3) is 0.400. The third-order valence-electron chi connectivity index (χ3n) is 4.16. The monoisotopic (exact) mass is 374 g/mol. The van der Waals surface area contributed by atoms with Crippen LogP contribution in [-0.2, 0) is 20.8 Å². The number of nitrogens with zero attached hydrogens (tertiary/aromatic N) is 1. The van der Waals surface area contributed by atoms with Crippen molar-refractivity contribution in [3.63, 3.8) is 0 Å². The Hall–Kier alpha value is -2.64. The van der Waals surface area contributed by atoms with Crippen LogP contribution in [0.25, 0.3) is 0 Å². The minimum absolute atomic E-state index is 0.118. The summed E-state index contributed by atoms with van der Waals surface area (Å²) in [6.07, 6.45) is 2.46. The van der Waals surface area contributed by atoms with Crippen LogP contribution in [0.1, 0.15) is 23.6 Å². The molecule has 7 heteroatoms.